The SMILES string of the molecule is C=C1/C(=C\C=C(/C)N(c2ccccc2)c2cccc(-c3cccc4ccccc34)c2)B2c3cccc4c3N(c3cccc(c32)N1c1cccc2c1oc1ccccc12)C1(C)CCCCC41C. The maximum atomic E-state index is 6.80. The third-order valence-electron chi connectivity index (χ3n) is 15.9. The van der Waals surface area contributed by atoms with E-state index in [2.05, 4.69) is 224 Å². The second-order valence-corrected chi connectivity index (χ2v) is 19.2. The number of fused-ring (bicyclic) bond motifs is 9. The molecule has 2 unspecified atom stereocenters. The van der Waals surface area contributed by atoms with Gasteiger partial charge in [0.05, 0.1) is 11.2 Å². The van der Waals surface area contributed by atoms with Gasteiger partial charge in [-0.3, -0.25) is 0 Å². The van der Waals surface area contributed by atoms with Gasteiger partial charge in [0.1, 0.15) is 5.58 Å². The standard InChI is InChI=1S/C61H50BN3O/c1-40(63(44-22-6-5-7-23-44)45-24-14-21-43(39-45)47-27-15-20-42-19-8-9-25-46(42)47)35-36-51-41(2)64(55-33-16-28-49-48-26-10-11-34-56(48)66-59(49)55)53-31-18-32-54-57(53)62(51)52-30-17-29-50-58(52)65(54)61(4)38-13-12-37-60(50,61)3/h5-11,14-36,39H,2,12-13,37-38H2,1,3-4H3/b40-35+,51-36+. The van der Waals surface area contributed by atoms with E-state index in [4.69, 9.17) is 11.0 Å². The van der Waals surface area contributed by atoms with Crippen LogP contribution in [0.1, 0.15) is 52.0 Å². The molecule has 1 aromatic heterocycles. The summed E-state index contributed by atoms with van der Waals surface area (Å²) in [7, 11) is 0. The lowest BCUT2D eigenvalue weighted by Gasteiger charge is -2.53. The highest BCUT2D eigenvalue weighted by atomic mass is 16.3. The first-order valence-electron chi connectivity index (χ1n) is 23.6. The number of hydrogen-bond acceptors (Lipinski definition) is 4. The van der Waals surface area contributed by atoms with E-state index in [9.17, 15) is 0 Å². The van der Waals surface area contributed by atoms with Crippen LogP contribution in [-0.4, -0.2) is 12.3 Å². The number of hydrogen-bond donors (Lipinski definition) is 0. The fraction of sp³-hybridized carbons (Fsp3) is 0.148. The van der Waals surface area contributed by atoms with Crippen LogP contribution in [0.25, 0.3) is 43.8 Å². The summed E-state index contributed by atoms with van der Waals surface area (Å²) in [5.74, 6) is 0. The summed E-state index contributed by atoms with van der Waals surface area (Å²) in [5, 5.41) is 4.71. The van der Waals surface area contributed by atoms with Crippen molar-refractivity contribution in [2.24, 2.45) is 0 Å². The molecule has 0 spiro atoms. The van der Waals surface area contributed by atoms with Crippen molar-refractivity contribution in [3.63, 3.8) is 0 Å². The first kappa shape index (κ1) is 38.9. The highest BCUT2D eigenvalue weighted by Crippen LogP contribution is 2.62. The fourth-order valence-electron chi connectivity index (χ4n) is 12.6. The minimum absolute atomic E-state index is 0.0283. The smallest absolute Gasteiger partial charge is 0.252 e. The summed E-state index contributed by atoms with van der Waals surface area (Å²) in [5.41, 5.74) is 18.6. The topological polar surface area (TPSA) is 22.9 Å². The Balaban J connectivity index is 1.03. The summed E-state index contributed by atoms with van der Waals surface area (Å²) >= 11 is 0. The summed E-state index contributed by atoms with van der Waals surface area (Å²) in [4.78, 5) is 7.56. The average molecular weight is 852 g/mol. The lowest BCUT2D eigenvalue weighted by atomic mass is 9.32. The van der Waals surface area contributed by atoms with E-state index in [0.717, 1.165) is 62.5 Å². The maximum absolute atomic E-state index is 6.80. The largest absolute Gasteiger partial charge is 0.454 e. The van der Waals surface area contributed by atoms with Crippen molar-refractivity contribution in [3.8, 4) is 11.1 Å². The van der Waals surface area contributed by atoms with E-state index in [-0.39, 0.29) is 17.7 Å². The van der Waals surface area contributed by atoms with Crippen molar-refractivity contribution >= 4 is 84.5 Å². The molecule has 8 aromatic carbocycles. The fourth-order valence-corrected chi connectivity index (χ4v) is 12.6. The highest BCUT2D eigenvalue weighted by molar-refractivity contribution is 6.96. The van der Waals surface area contributed by atoms with Crippen LogP contribution in [-0.2, 0) is 5.41 Å². The van der Waals surface area contributed by atoms with Gasteiger partial charge in [0.15, 0.2) is 5.58 Å². The van der Waals surface area contributed by atoms with E-state index >= 15 is 0 Å². The van der Waals surface area contributed by atoms with E-state index in [1.54, 1.807) is 0 Å². The molecular formula is C61H50BN3O. The molecule has 1 aliphatic carbocycles. The molecule has 0 radical (unpaired) electrons. The van der Waals surface area contributed by atoms with Crippen LogP contribution >= 0.6 is 0 Å². The van der Waals surface area contributed by atoms with Gasteiger partial charge in [-0.05, 0) is 125 Å². The number of benzene rings is 8. The Bertz CT molecular complexity index is 3540. The van der Waals surface area contributed by atoms with Crippen LogP contribution in [0.2, 0.25) is 0 Å². The van der Waals surface area contributed by atoms with Crippen molar-refractivity contribution in [2.75, 3.05) is 14.7 Å². The lowest BCUT2D eigenvalue weighted by molar-refractivity contribution is 0.195. The Labute approximate surface area is 387 Å². The molecule has 13 rings (SSSR count). The number of nitrogens with zero attached hydrogens (tertiary/aromatic N) is 3. The van der Waals surface area contributed by atoms with E-state index < -0.39 is 0 Å². The van der Waals surface area contributed by atoms with Gasteiger partial charge in [0.25, 0.3) is 6.71 Å². The molecule has 5 heteroatoms. The minimum atomic E-state index is -0.0566. The van der Waals surface area contributed by atoms with E-state index in [1.165, 1.54) is 74.5 Å². The average Bonchev–Trinajstić information content (AvgIpc) is 3.84. The van der Waals surface area contributed by atoms with Crippen LogP contribution < -0.4 is 25.6 Å². The van der Waals surface area contributed by atoms with Gasteiger partial charge < -0.3 is 19.1 Å². The van der Waals surface area contributed by atoms with E-state index in [1.807, 2.05) is 0 Å². The molecule has 1 fully saturated rings. The van der Waals surface area contributed by atoms with Gasteiger partial charge in [-0.15, -0.1) is 0 Å². The number of anilines is 6. The Morgan fingerprint density at radius 2 is 1.35 bits per heavy atom. The van der Waals surface area contributed by atoms with Gasteiger partial charge in [0.2, 0.25) is 0 Å². The molecule has 0 saturated heterocycles. The molecule has 0 bridgehead atoms. The molecule has 3 aliphatic heterocycles. The first-order chi connectivity index (χ1) is 32.3. The Morgan fingerprint density at radius 3 is 2.24 bits per heavy atom. The molecule has 9 aromatic rings. The van der Waals surface area contributed by atoms with Gasteiger partial charge in [0, 0.05) is 56.0 Å². The van der Waals surface area contributed by atoms with Gasteiger partial charge in [-0.1, -0.05) is 160 Å². The van der Waals surface area contributed by atoms with E-state index in [0.29, 0.717) is 0 Å². The molecule has 66 heavy (non-hydrogen) atoms. The van der Waals surface area contributed by atoms with Crippen LogP contribution in [0.3, 0.4) is 0 Å². The quantitative estimate of drug-likeness (QED) is 0.155. The molecule has 0 amide bonds. The van der Waals surface area contributed by atoms with Crippen molar-refractivity contribution in [1.82, 2.24) is 0 Å². The molecule has 0 N–H and O–H groups in total. The van der Waals surface area contributed by atoms with Gasteiger partial charge >= 0.3 is 0 Å². The number of para-hydroxylation sites is 4. The number of furan rings is 1. The third-order valence-corrected chi connectivity index (χ3v) is 15.9. The molecular weight excluding hydrogens is 802 g/mol. The lowest BCUT2D eigenvalue weighted by Crippen LogP contribution is -2.61. The van der Waals surface area contributed by atoms with Crippen molar-refractivity contribution in [1.29, 1.82) is 0 Å². The second-order valence-electron chi connectivity index (χ2n) is 19.2. The molecule has 4 nitrogen and oxygen atoms in total. The van der Waals surface area contributed by atoms with Crippen LogP contribution in [0.5, 0.6) is 0 Å². The minimum Gasteiger partial charge on any atom is -0.454 e. The molecule has 2 atom stereocenters. The Morgan fingerprint density at radius 1 is 0.667 bits per heavy atom. The molecule has 1 saturated carbocycles. The van der Waals surface area contributed by atoms with Crippen LogP contribution in [0.15, 0.2) is 216 Å². The zero-order valence-corrected chi connectivity index (χ0v) is 37.8. The summed E-state index contributed by atoms with van der Waals surface area (Å²) in [6.07, 6.45) is 9.53. The summed E-state index contributed by atoms with van der Waals surface area (Å²) in [6, 6.07) is 64.1. The van der Waals surface area contributed by atoms with Gasteiger partial charge in [-0.2, -0.15) is 0 Å². The molecule has 318 valence electrons. The number of allylic oxidation sites excluding steroid dienone is 4. The molecule has 4 heterocycles. The van der Waals surface area contributed by atoms with Crippen molar-refractivity contribution in [2.45, 2.75) is 57.4 Å². The molecule has 4 aliphatic rings. The van der Waals surface area contributed by atoms with Crippen LogP contribution in [0, 0.1) is 0 Å². The van der Waals surface area contributed by atoms with Crippen LogP contribution in [0.4, 0.5) is 34.1 Å². The van der Waals surface area contributed by atoms with Gasteiger partial charge in [-0.25, -0.2) is 0 Å². The number of rotatable bonds is 6. The predicted molar refractivity (Wildman–Crippen MR) is 279 cm³/mol. The maximum Gasteiger partial charge on any atom is 0.252 e. The zero-order chi connectivity index (χ0) is 44.3. The zero-order valence-electron chi connectivity index (χ0n) is 37.8. The predicted octanol–water partition coefficient (Wildman–Crippen LogP) is 14.9. The summed E-state index contributed by atoms with van der Waals surface area (Å²) in [6.45, 7) is 12.4. The second kappa shape index (κ2) is 14.5. The monoisotopic (exact) mass is 851 g/mol. The first-order valence-corrected chi connectivity index (χ1v) is 23.6. The highest BCUT2D eigenvalue weighted by Gasteiger charge is 2.61. The van der Waals surface area contributed by atoms with Crippen molar-refractivity contribution in [3.05, 3.63) is 217 Å². The van der Waals surface area contributed by atoms with Crippen molar-refractivity contribution < 1.29 is 4.42 Å². The normalized spacial score (nSPS) is 20.3. The third kappa shape index (κ3) is 5.40. The Kier molecular flexibility index (Phi) is 8.55. The summed E-state index contributed by atoms with van der Waals surface area (Å²) < 4.78 is 6.80. The Hall–Kier alpha value is -7.50.